The Balaban J connectivity index is 2.72. The van der Waals surface area contributed by atoms with Gasteiger partial charge in [0.25, 0.3) is 0 Å². The van der Waals surface area contributed by atoms with E-state index in [4.69, 9.17) is 4.89 Å². The molecule has 0 radical (unpaired) electrons. The molecule has 0 aromatic rings. The second-order valence-electron chi connectivity index (χ2n) is 2.57. The monoisotopic (exact) mass is 177 g/mol. The summed E-state index contributed by atoms with van der Waals surface area (Å²) in [4.78, 5) is 9.09. The van der Waals surface area contributed by atoms with E-state index in [0.717, 1.165) is 19.3 Å². The van der Waals surface area contributed by atoms with Crippen molar-refractivity contribution in [3.63, 3.8) is 0 Å². The first-order chi connectivity index (χ1) is 5.17. The Kier molecular flexibility index (Phi) is 2.84. The molecule has 0 heterocycles. The van der Waals surface area contributed by atoms with E-state index < -0.39 is 7.60 Å². The van der Waals surface area contributed by atoms with Crippen molar-refractivity contribution in [2.24, 2.45) is 5.90 Å². The van der Waals surface area contributed by atoms with Crippen LogP contribution in [0, 0.1) is 0 Å². The molecule has 1 aliphatic carbocycles. The molecule has 1 unspecified atom stereocenters. The van der Waals surface area contributed by atoms with Gasteiger partial charge in [0.2, 0.25) is 0 Å². The lowest BCUT2D eigenvalue weighted by Crippen LogP contribution is -2.01. The van der Waals surface area contributed by atoms with Crippen molar-refractivity contribution in [2.75, 3.05) is 0 Å². The fraction of sp³-hybridized carbons (Fsp3) is 0.667. The van der Waals surface area contributed by atoms with Crippen molar-refractivity contribution >= 4 is 7.60 Å². The van der Waals surface area contributed by atoms with Gasteiger partial charge in [0.1, 0.15) is 0 Å². The van der Waals surface area contributed by atoms with Crippen LogP contribution >= 0.6 is 7.60 Å². The Labute approximate surface area is 65.5 Å². The molecule has 1 rings (SSSR count). The average molecular weight is 177 g/mol. The maximum absolute atomic E-state index is 11.1. The van der Waals surface area contributed by atoms with Gasteiger partial charge in [-0.2, -0.15) is 0 Å². The van der Waals surface area contributed by atoms with E-state index in [9.17, 15) is 4.57 Å². The molecule has 0 bridgehead atoms. The molecule has 0 aliphatic heterocycles. The number of nitrogens with two attached hydrogens (primary N) is 1. The molecular formula is C6H12NO3P. The molecule has 0 saturated heterocycles. The lowest BCUT2D eigenvalue weighted by atomic mass is 10.1. The van der Waals surface area contributed by atoms with Gasteiger partial charge in [-0.15, -0.1) is 0 Å². The first-order valence-electron chi connectivity index (χ1n) is 3.57. The minimum Gasteiger partial charge on any atom is -0.320 e. The number of allylic oxidation sites excluding steroid dienone is 2. The number of hydrogen-bond donors (Lipinski definition) is 2. The van der Waals surface area contributed by atoms with Crippen LogP contribution in [0.4, 0.5) is 0 Å². The molecule has 3 N–H and O–H groups in total. The van der Waals surface area contributed by atoms with Gasteiger partial charge in [0, 0.05) is 5.31 Å². The summed E-state index contributed by atoms with van der Waals surface area (Å²) in [6.45, 7) is 0. The Bertz CT molecular complexity index is 214. The summed E-state index contributed by atoms with van der Waals surface area (Å²) in [6.07, 6.45) is 5.25. The summed E-state index contributed by atoms with van der Waals surface area (Å²) >= 11 is 0. The zero-order valence-electron chi connectivity index (χ0n) is 6.19. The summed E-state index contributed by atoms with van der Waals surface area (Å²) in [7, 11) is -3.61. The van der Waals surface area contributed by atoms with Crippen molar-refractivity contribution in [1.29, 1.82) is 0 Å². The van der Waals surface area contributed by atoms with Crippen LogP contribution in [-0.2, 0) is 9.19 Å². The van der Waals surface area contributed by atoms with E-state index in [1.807, 2.05) is 0 Å². The van der Waals surface area contributed by atoms with Crippen LogP contribution < -0.4 is 5.90 Å². The van der Waals surface area contributed by atoms with E-state index in [0.29, 0.717) is 11.7 Å². The van der Waals surface area contributed by atoms with Gasteiger partial charge < -0.3 is 4.89 Å². The van der Waals surface area contributed by atoms with Gasteiger partial charge in [0.15, 0.2) is 0 Å². The second-order valence-corrected chi connectivity index (χ2v) is 4.39. The SMILES string of the molecule is NOP(=O)(O)C1=CCCCC1. The zero-order valence-corrected chi connectivity index (χ0v) is 7.09. The summed E-state index contributed by atoms with van der Waals surface area (Å²) in [6, 6.07) is 0. The van der Waals surface area contributed by atoms with Gasteiger partial charge in [-0.3, -0.25) is 4.57 Å². The van der Waals surface area contributed by atoms with Crippen molar-refractivity contribution in [3.05, 3.63) is 11.4 Å². The van der Waals surface area contributed by atoms with Crippen LogP contribution in [0.5, 0.6) is 0 Å². The number of rotatable bonds is 2. The maximum Gasteiger partial charge on any atom is 0.370 e. The van der Waals surface area contributed by atoms with E-state index in [2.05, 4.69) is 10.5 Å². The maximum atomic E-state index is 11.1. The Morgan fingerprint density at radius 3 is 2.82 bits per heavy atom. The second kappa shape index (κ2) is 3.50. The third-order valence-electron chi connectivity index (χ3n) is 1.77. The summed E-state index contributed by atoms with van der Waals surface area (Å²) in [5.41, 5.74) is 0. The molecule has 5 heteroatoms. The standard InChI is InChI=1S/C6H12NO3P/c7-10-11(8,9)6-4-2-1-3-5-6/h4H,1-3,5,7H2,(H,8,9). The Hall–Kier alpha value is -0.150. The fourth-order valence-electron chi connectivity index (χ4n) is 1.15. The molecule has 1 aliphatic rings. The van der Waals surface area contributed by atoms with Crippen LogP contribution in [0.3, 0.4) is 0 Å². The lowest BCUT2D eigenvalue weighted by molar-refractivity contribution is 0.273. The van der Waals surface area contributed by atoms with Gasteiger partial charge in [-0.05, 0) is 25.7 Å². The van der Waals surface area contributed by atoms with Crippen molar-refractivity contribution in [3.8, 4) is 0 Å². The summed E-state index contributed by atoms with van der Waals surface area (Å²) in [5, 5.41) is 0.464. The number of hydrogen-bond acceptors (Lipinski definition) is 3. The molecule has 0 spiro atoms. The van der Waals surface area contributed by atoms with Crippen molar-refractivity contribution in [1.82, 2.24) is 0 Å². The molecule has 0 saturated carbocycles. The van der Waals surface area contributed by atoms with Crippen LogP contribution in [0.2, 0.25) is 0 Å². The van der Waals surface area contributed by atoms with E-state index in [1.54, 1.807) is 6.08 Å². The van der Waals surface area contributed by atoms with Crippen LogP contribution in [0.15, 0.2) is 11.4 Å². The summed E-state index contributed by atoms with van der Waals surface area (Å²) in [5.74, 6) is 4.68. The quantitative estimate of drug-likeness (QED) is 0.495. The van der Waals surface area contributed by atoms with Crippen molar-refractivity contribution in [2.45, 2.75) is 25.7 Å². The van der Waals surface area contributed by atoms with Gasteiger partial charge >= 0.3 is 7.60 Å². The fourth-order valence-corrected chi connectivity index (χ4v) is 2.08. The molecule has 0 amide bonds. The Morgan fingerprint density at radius 1 is 1.64 bits per heavy atom. The molecule has 1 atom stereocenters. The summed E-state index contributed by atoms with van der Waals surface area (Å²) < 4.78 is 15.1. The minimum absolute atomic E-state index is 0.464. The third kappa shape index (κ3) is 2.14. The zero-order chi connectivity index (χ0) is 8.32. The van der Waals surface area contributed by atoms with E-state index >= 15 is 0 Å². The highest BCUT2D eigenvalue weighted by Crippen LogP contribution is 2.52. The molecule has 64 valence electrons. The minimum atomic E-state index is -3.61. The van der Waals surface area contributed by atoms with Crippen LogP contribution in [-0.4, -0.2) is 4.89 Å². The highest BCUT2D eigenvalue weighted by Gasteiger charge is 2.25. The molecule has 0 aromatic carbocycles. The molecule has 0 aromatic heterocycles. The topological polar surface area (TPSA) is 72.5 Å². The lowest BCUT2D eigenvalue weighted by Gasteiger charge is -2.15. The smallest absolute Gasteiger partial charge is 0.320 e. The normalized spacial score (nSPS) is 24.0. The molecule has 4 nitrogen and oxygen atoms in total. The van der Waals surface area contributed by atoms with Crippen molar-refractivity contribution < 1.29 is 14.1 Å². The van der Waals surface area contributed by atoms with Gasteiger partial charge in [-0.25, -0.2) is 10.5 Å². The highest BCUT2D eigenvalue weighted by atomic mass is 31.2. The predicted octanol–water partition coefficient (Wildman–Crippen LogP) is 1.52. The first kappa shape index (κ1) is 8.94. The van der Waals surface area contributed by atoms with Crippen LogP contribution in [0.1, 0.15) is 25.7 Å². The third-order valence-corrected chi connectivity index (χ3v) is 3.19. The van der Waals surface area contributed by atoms with Crippen LogP contribution in [0.25, 0.3) is 0 Å². The van der Waals surface area contributed by atoms with E-state index in [-0.39, 0.29) is 0 Å². The average Bonchev–Trinajstić information content (AvgIpc) is 2.06. The molecular weight excluding hydrogens is 165 g/mol. The first-order valence-corrected chi connectivity index (χ1v) is 5.15. The predicted molar refractivity (Wildman–Crippen MR) is 41.6 cm³/mol. The molecule has 11 heavy (non-hydrogen) atoms. The Morgan fingerprint density at radius 2 is 2.36 bits per heavy atom. The van der Waals surface area contributed by atoms with Gasteiger partial charge in [0.05, 0.1) is 0 Å². The largest absolute Gasteiger partial charge is 0.370 e. The molecule has 0 fully saturated rings. The van der Waals surface area contributed by atoms with Gasteiger partial charge in [-0.1, -0.05) is 6.08 Å². The highest BCUT2D eigenvalue weighted by molar-refractivity contribution is 7.57. The van der Waals surface area contributed by atoms with E-state index in [1.165, 1.54) is 0 Å².